The van der Waals surface area contributed by atoms with E-state index in [1.807, 2.05) is 13.0 Å². The second-order valence-electron chi connectivity index (χ2n) is 16.8. The number of aliphatic carboxylic acids is 1. The molecule has 13 heteroatoms. The Balaban J connectivity index is 1.11. The van der Waals surface area contributed by atoms with Gasteiger partial charge in [0.05, 0.1) is 30.8 Å². The molecule has 3 aliphatic heterocycles. The zero-order valence-corrected chi connectivity index (χ0v) is 33.2. The van der Waals surface area contributed by atoms with Crippen LogP contribution < -0.4 is 4.74 Å². The van der Waals surface area contributed by atoms with Crippen LogP contribution in [0.2, 0.25) is 0 Å². The van der Waals surface area contributed by atoms with Crippen molar-refractivity contribution in [3.8, 4) is 5.75 Å². The van der Waals surface area contributed by atoms with Gasteiger partial charge < -0.3 is 43.7 Å². The van der Waals surface area contributed by atoms with Gasteiger partial charge >= 0.3 is 23.9 Å². The lowest BCUT2D eigenvalue weighted by molar-refractivity contribution is -0.269. The highest BCUT2D eigenvalue weighted by molar-refractivity contribution is 5.95. The fourth-order valence-corrected chi connectivity index (χ4v) is 10.2. The van der Waals surface area contributed by atoms with Crippen molar-refractivity contribution >= 4 is 23.9 Å². The molecule has 0 amide bonds. The summed E-state index contributed by atoms with van der Waals surface area (Å²) in [4.78, 5) is 53.5. The first-order chi connectivity index (χ1) is 27.2. The molecule has 1 aromatic rings. The molecule has 3 N–H and O–H groups in total. The maximum atomic E-state index is 14.6. The second kappa shape index (κ2) is 16.1. The topological polar surface area (TPSA) is 184 Å². The third-order valence-corrected chi connectivity index (χ3v) is 13.3. The molecule has 0 unspecified atom stereocenters. The van der Waals surface area contributed by atoms with Crippen LogP contribution >= 0.6 is 0 Å². The van der Waals surface area contributed by atoms with Gasteiger partial charge in [0, 0.05) is 30.3 Å². The predicted molar refractivity (Wildman–Crippen MR) is 204 cm³/mol. The van der Waals surface area contributed by atoms with E-state index in [0.29, 0.717) is 37.0 Å². The van der Waals surface area contributed by atoms with Crippen molar-refractivity contribution in [2.75, 3.05) is 7.11 Å². The fourth-order valence-electron chi connectivity index (χ4n) is 10.2. The number of ether oxygens (including phenoxy) is 6. The third-order valence-electron chi connectivity index (χ3n) is 13.3. The first-order valence-electron chi connectivity index (χ1n) is 20.2. The molecule has 0 aromatic heterocycles. The molecule has 1 saturated carbocycles. The summed E-state index contributed by atoms with van der Waals surface area (Å²) in [5.74, 6) is -6.05. The summed E-state index contributed by atoms with van der Waals surface area (Å²) in [6, 6.07) is 5.24. The average Bonchev–Trinajstić information content (AvgIpc) is 3.39. The number of fused-ring (bicyclic) bond motifs is 3. The van der Waals surface area contributed by atoms with Crippen molar-refractivity contribution in [2.45, 2.75) is 122 Å². The summed E-state index contributed by atoms with van der Waals surface area (Å²) in [6.07, 6.45) is 10.6. The Morgan fingerprint density at radius 1 is 1.02 bits per heavy atom. The van der Waals surface area contributed by atoms with E-state index < -0.39 is 82.8 Å². The van der Waals surface area contributed by atoms with E-state index in [1.54, 1.807) is 45.0 Å². The van der Waals surface area contributed by atoms with Crippen LogP contribution in [0.4, 0.5) is 0 Å². The number of carbonyl (C=O) groups excluding carboxylic acids is 3. The van der Waals surface area contributed by atoms with Crippen LogP contribution in [0.5, 0.6) is 5.75 Å². The molecule has 7 rings (SSSR count). The van der Waals surface area contributed by atoms with Crippen LogP contribution in [0.25, 0.3) is 0 Å². The molecule has 57 heavy (non-hydrogen) atoms. The molecule has 308 valence electrons. The summed E-state index contributed by atoms with van der Waals surface area (Å²) in [5, 5.41) is 32.8. The Kier molecular flexibility index (Phi) is 11.5. The molecule has 6 aliphatic rings. The second-order valence-corrected chi connectivity index (χ2v) is 16.8. The number of carboxylic acid groups (broad SMARTS) is 1. The smallest absolute Gasteiger partial charge is 0.379 e. The first kappa shape index (κ1) is 40.7. The van der Waals surface area contributed by atoms with Crippen LogP contribution in [-0.4, -0.2) is 82.6 Å². The number of benzene rings is 1. The maximum Gasteiger partial charge on any atom is 0.379 e. The van der Waals surface area contributed by atoms with Crippen LogP contribution in [0.1, 0.15) is 94.5 Å². The number of carbonyl (C=O) groups is 4. The van der Waals surface area contributed by atoms with Gasteiger partial charge in [0.25, 0.3) is 5.76 Å². The highest BCUT2D eigenvalue weighted by atomic mass is 16.7. The van der Waals surface area contributed by atoms with E-state index in [9.17, 15) is 34.5 Å². The Hall–Kier alpha value is -4.46. The van der Waals surface area contributed by atoms with Crippen molar-refractivity contribution in [2.24, 2.45) is 35.0 Å². The minimum absolute atomic E-state index is 0.00624. The summed E-state index contributed by atoms with van der Waals surface area (Å²) >= 11 is 0. The first-order valence-corrected chi connectivity index (χ1v) is 20.2. The average molecular weight is 791 g/mol. The van der Waals surface area contributed by atoms with Gasteiger partial charge in [-0.3, -0.25) is 4.79 Å². The lowest BCUT2D eigenvalue weighted by atomic mass is 9.55. The summed E-state index contributed by atoms with van der Waals surface area (Å²) < 4.78 is 35.9. The van der Waals surface area contributed by atoms with Gasteiger partial charge in [-0.25, -0.2) is 14.4 Å². The van der Waals surface area contributed by atoms with Crippen LogP contribution in [0.15, 0.2) is 65.7 Å². The van der Waals surface area contributed by atoms with Gasteiger partial charge in [-0.2, -0.15) is 0 Å². The summed E-state index contributed by atoms with van der Waals surface area (Å²) in [5.41, 5.74) is -1.59. The van der Waals surface area contributed by atoms with Crippen LogP contribution in [-0.2, 0) is 38.1 Å². The quantitative estimate of drug-likeness (QED) is 0.163. The number of hydrogen-bond acceptors (Lipinski definition) is 12. The minimum atomic E-state index is -1.60. The molecule has 1 aromatic carbocycles. The van der Waals surface area contributed by atoms with E-state index in [0.717, 1.165) is 19.3 Å². The molecule has 1 spiro atoms. The lowest BCUT2D eigenvalue weighted by Crippen LogP contribution is -2.54. The number of aliphatic hydroxyl groups excluding tert-OH is 2. The van der Waals surface area contributed by atoms with E-state index in [-0.39, 0.29) is 47.8 Å². The van der Waals surface area contributed by atoms with E-state index >= 15 is 0 Å². The van der Waals surface area contributed by atoms with E-state index in [2.05, 4.69) is 12.2 Å². The number of methoxy groups -OCH3 is 1. The molecule has 3 heterocycles. The highest BCUT2D eigenvalue weighted by Crippen LogP contribution is 2.55. The summed E-state index contributed by atoms with van der Waals surface area (Å²) in [7, 11) is 1.48. The fraction of sp³-hybridized carbons (Fsp3) is 0.591. The van der Waals surface area contributed by atoms with Crippen molar-refractivity contribution in [1.82, 2.24) is 0 Å². The SMILES string of the molecule is COc1cccc(C)c1C(=O)O[C@@H]1[C@H](O)C[C@H](O[C@@H]2CCC[C@@H]3[C@@H]2C=C[C@@H]2CCCC/C=C\[C@@H]4C=C(C(=O)O)[C@H](C)C[C@@]45OC(=O)C(=C5O)OC(=O)[C@@]23C)O[C@H]1C. The third kappa shape index (κ3) is 7.31. The molecule has 2 bridgehead atoms. The zero-order chi connectivity index (χ0) is 40.8. The lowest BCUT2D eigenvalue weighted by Gasteiger charge is -2.51. The Morgan fingerprint density at radius 2 is 1.81 bits per heavy atom. The zero-order valence-electron chi connectivity index (χ0n) is 33.2. The number of esters is 3. The number of aryl methyl sites for hydroxylation is 1. The maximum absolute atomic E-state index is 14.6. The molecular formula is C44H54O13. The summed E-state index contributed by atoms with van der Waals surface area (Å²) in [6.45, 7) is 7.08. The molecule has 3 aliphatic carbocycles. The number of hydrogen-bond donors (Lipinski definition) is 3. The number of aliphatic hydroxyl groups is 2. The van der Waals surface area contributed by atoms with Crippen molar-refractivity contribution in [1.29, 1.82) is 0 Å². The van der Waals surface area contributed by atoms with Gasteiger partial charge in [-0.05, 0) is 82.3 Å². The normalized spacial score (nSPS) is 38.6. The van der Waals surface area contributed by atoms with E-state index in [1.165, 1.54) is 13.2 Å². The Morgan fingerprint density at radius 3 is 2.54 bits per heavy atom. The monoisotopic (exact) mass is 790 g/mol. The molecule has 13 nitrogen and oxygen atoms in total. The molecule has 1 saturated heterocycles. The largest absolute Gasteiger partial charge is 0.505 e. The number of rotatable bonds is 6. The van der Waals surface area contributed by atoms with Crippen molar-refractivity contribution < 1.29 is 62.9 Å². The Labute approximate surface area is 332 Å². The van der Waals surface area contributed by atoms with Gasteiger partial charge in [0.2, 0.25) is 0 Å². The van der Waals surface area contributed by atoms with Crippen molar-refractivity contribution in [3.05, 3.63) is 76.8 Å². The molecule has 2 fully saturated rings. The molecule has 12 atom stereocenters. The van der Waals surface area contributed by atoms with Gasteiger partial charge in [0.1, 0.15) is 11.3 Å². The van der Waals surface area contributed by atoms with E-state index in [4.69, 9.17) is 28.4 Å². The molecule has 0 radical (unpaired) electrons. The van der Waals surface area contributed by atoms with Gasteiger partial charge in [0.15, 0.2) is 23.8 Å². The number of allylic oxidation sites excluding steroid dienone is 2. The van der Waals surface area contributed by atoms with Gasteiger partial charge in [-0.1, -0.05) is 62.3 Å². The molecular weight excluding hydrogens is 736 g/mol. The van der Waals surface area contributed by atoms with Crippen molar-refractivity contribution in [3.63, 3.8) is 0 Å². The minimum Gasteiger partial charge on any atom is -0.505 e. The van der Waals surface area contributed by atoms with Crippen LogP contribution in [0, 0.1) is 41.9 Å². The standard InChI is InChI=1S/C44H54O13/c1-23-12-10-17-33(52-5)35(23)40(49)55-36-25(3)53-34(21-31(36)45)54-32-16-11-15-30-28(32)19-18-26-13-8-6-7-9-14-27-20-29(39(47)48)24(2)22-44(27)38(46)37(41(50)57-44)56-42(51)43(26,30)4/h9-10,12,14,17-20,24-28,30-32,34,36,45-46H,6-8,11,13,15-16,21-22H2,1-5H3,(H,47,48)/b14-9-/t24-,25+,26+,27-,28+,30-,31-,32-,34+,36+,43+,44-/m1/s1. The number of carboxylic acids is 1. The Bertz CT molecular complexity index is 1880. The highest BCUT2D eigenvalue weighted by Gasteiger charge is 2.60. The predicted octanol–water partition coefficient (Wildman–Crippen LogP) is 6.42. The van der Waals surface area contributed by atoms with Gasteiger partial charge in [-0.15, -0.1) is 0 Å². The van der Waals surface area contributed by atoms with Crippen LogP contribution in [0.3, 0.4) is 0 Å².